The topological polar surface area (TPSA) is 58.6 Å². The highest BCUT2D eigenvalue weighted by Crippen LogP contribution is 2.18. The number of nitrogens with one attached hydrogen (secondary N) is 1. The number of hydrogen-bond donors (Lipinski definition) is 2. The number of aliphatic hydroxyl groups is 1. The van der Waals surface area contributed by atoms with Crippen molar-refractivity contribution in [3.05, 3.63) is 65.5 Å². The van der Waals surface area contributed by atoms with E-state index in [-0.39, 0.29) is 24.2 Å². The van der Waals surface area contributed by atoms with Gasteiger partial charge in [-0.25, -0.2) is 4.39 Å². The molecule has 1 amide bonds. The lowest BCUT2D eigenvalue weighted by Crippen LogP contribution is -2.34. The van der Waals surface area contributed by atoms with Crippen molar-refractivity contribution in [2.45, 2.75) is 31.9 Å². The van der Waals surface area contributed by atoms with Gasteiger partial charge in [-0.2, -0.15) is 0 Å². The molecule has 0 bridgehead atoms. The maximum Gasteiger partial charge on any atom is 0.224 e. The summed E-state index contributed by atoms with van der Waals surface area (Å²) in [5.74, 6) is 0.292. The van der Waals surface area contributed by atoms with E-state index in [4.69, 9.17) is 4.74 Å². The Bertz CT molecular complexity index is 655. The van der Waals surface area contributed by atoms with Crippen LogP contribution in [-0.4, -0.2) is 24.2 Å². The van der Waals surface area contributed by atoms with E-state index in [0.717, 1.165) is 11.3 Å². The summed E-state index contributed by atoms with van der Waals surface area (Å²) in [5.41, 5.74) is 1.52. The average molecular weight is 331 g/mol. The molecule has 0 aliphatic rings. The fourth-order valence-electron chi connectivity index (χ4n) is 2.47. The average Bonchev–Trinajstić information content (AvgIpc) is 2.55. The molecule has 24 heavy (non-hydrogen) atoms. The van der Waals surface area contributed by atoms with Gasteiger partial charge in [-0.05, 0) is 48.7 Å². The van der Waals surface area contributed by atoms with Crippen LogP contribution in [0.2, 0.25) is 0 Å². The fourth-order valence-corrected chi connectivity index (χ4v) is 2.47. The summed E-state index contributed by atoms with van der Waals surface area (Å²) in [6, 6.07) is 12.8. The Kier molecular flexibility index (Phi) is 6.32. The van der Waals surface area contributed by atoms with Crippen LogP contribution in [0.5, 0.6) is 5.75 Å². The van der Waals surface area contributed by atoms with Crippen molar-refractivity contribution in [1.29, 1.82) is 0 Å². The second kappa shape index (κ2) is 8.45. The third-order valence-electron chi connectivity index (χ3n) is 3.76. The molecule has 2 atom stereocenters. The van der Waals surface area contributed by atoms with E-state index >= 15 is 0 Å². The van der Waals surface area contributed by atoms with Crippen LogP contribution in [0.3, 0.4) is 0 Å². The predicted octanol–water partition coefficient (Wildman–Crippen LogP) is 3.01. The first kappa shape index (κ1) is 17.9. The van der Waals surface area contributed by atoms with E-state index in [2.05, 4.69) is 5.32 Å². The number of carbonyl (C=O) groups is 1. The van der Waals surface area contributed by atoms with Gasteiger partial charge in [0, 0.05) is 6.04 Å². The minimum absolute atomic E-state index is 0.112. The molecule has 0 spiro atoms. The molecule has 0 aliphatic heterocycles. The Morgan fingerprint density at radius 2 is 1.79 bits per heavy atom. The number of carbonyl (C=O) groups excluding carboxylic acids is 1. The summed E-state index contributed by atoms with van der Waals surface area (Å²) in [4.78, 5) is 12.1. The molecule has 0 saturated heterocycles. The largest absolute Gasteiger partial charge is 0.497 e. The number of methoxy groups -OCH3 is 1. The summed E-state index contributed by atoms with van der Waals surface area (Å²) < 4.78 is 18.0. The van der Waals surface area contributed by atoms with Gasteiger partial charge in [0.2, 0.25) is 5.91 Å². The van der Waals surface area contributed by atoms with Crippen LogP contribution >= 0.6 is 0 Å². The van der Waals surface area contributed by atoms with E-state index in [1.807, 2.05) is 31.2 Å². The van der Waals surface area contributed by atoms with Crippen LogP contribution < -0.4 is 10.1 Å². The van der Waals surface area contributed by atoms with Crippen molar-refractivity contribution < 1.29 is 19.0 Å². The Morgan fingerprint density at radius 3 is 2.38 bits per heavy atom. The van der Waals surface area contributed by atoms with Gasteiger partial charge in [-0.3, -0.25) is 4.79 Å². The van der Waals surface area contributed by atoms with Crippen molar-refractivity contribution in [3.63, 3.8) is 0 Å². The van der Waals surface area contributed by atoms with Gasteiger partial charge in [0.05, 0.1) is 19.6 Å². The zero-order valence-corrected chi connectivity index (χ0v) is 13.8. The van der Waals surface area contributed by atoms with Crippen molar-refractivity contribution in [1.82, 2.24) is 5.32 Å². The summed E-state index contributed by atoms with van der Waals surface area (Å²) in [6.07, 6.45) is -0.122. The number of rotatable bonds is 7. The standard InChI is InChI=1S/C19H22FNO3/c1-13(11-18(22)15-5-7-16(20)8-6-15)21-19(23)12-14-3-9-17(24-2)10-4-14/h3-10,13,18,22H,11-12H2,1-2H3,(H,21,23). The highest BCUT2D eigenvalue weighted by Gasteiger charge is 2.15. The molecule has 0 heterocycles. The molecular weight excluding hydrogens is 309 g/mol. The molecule has 4 nitrogen and oxygen atoms in total. The van der Waals surface area contributed by atoms with Crippen LogP contribution in [0.15, 0.2) is 48.5 Å². The number of aliphatic hydroxyl groups excluding tert-OH is 1. The molecule has 0 saturated carbocycles. The van der Waals surface area contributed by atoms with Crippen LogP contribution in [0, 0.1) is 5.82 Å². The fraction of sp³-hybridized carbons (Fsp3) is 0.316. The zero-order valence-electron chi connectivity index (χ0n) is 13.8. The second-order valence-corrected chi connectivity index (χ2v) is 5.80. The van der Waals surface area contributed by atoms with Gasteiger partial charge in [0.15, 0.2) is 0 Å². The minimum Gasteiger partial charge on any atom is -0.497 e. The third-order valence-corrected chi connectivity index (χ3v) is 3.76. The van der Waals surface area contributed by atoms with Gasteiger partial charge in [-0.1, -0.05) is 24.3 Å². The highest BCUT2D eigenvalue weighted by atomic mass is 19.1. The Balaban J connectivity index is 1.83. The monoisotopic (exact) mass is 331 g/mol. The molecule has 2 unspecified atom stereocenters. The summed E-state index contributed by atoms with van der Waals surface area (Å²) >= 11 is 0. The molecule has 128 valence electrons. The molecule has 0 radical (unpaired) electrons. The molecule has 2 aromatic rings. The Labute approximate surface area is 141 Å². The molecule has 2 N–H and O–H groups in total. The number of benzene rings is 2. The minimum atomic E-state index is -0.748. The maximum absolute atomic E-state index is 12.9. The second-order valence-electron chi connectivity index (χ2n) is 5.80. The predicted molar refractivity (Wildman–Crippen MR) is 90.3 cm³/mol. The van der Waals surface area contributed by atoms with Crippen molar-refractivity contribution in [2.75, 3.05) is 7.11 Å². The number of ether oxygens (including phenoxy) is 1. The van der Waals surface area contributed by atoms with Crippen molar-refractivity contribution >= 4 is 5.91 Å². The van der Waals surface area contributed by atoms with Crippen molar-refractivity contribution in [3.8, 4) is 5.75 Å². The zero-order chi connectivity index (χ0) is 17.5. The first-order valence-corrected chi connectivity index (χ1v) is 7.83. The number of amides is 1. The van der Waals surface area contributed by atoms with E-state index in [0.29, 0.717) is 12.0 Å². The first-order chi connectivity index (χ1) is 11.5. The lowest BCUT2D eigenvalue weighted by atomic mass is 10.0. The lowest BCUT2D eigenvalue weighted by Gasteiger charge is -2.18. The molecule has 5 heteroatoms. The molecule has 2 aromatic carbocycles. The Hall–Kier alpha value is -2.40. The summed E-state index contributed by atoms with van der Waals surface area (Å²) in [7, 11) is 1.59. The number of halogens is 1. The van der Waals surface area contributed by atoms with E-state index < -0.39 is 6.10 Å². The van der Waals surface area contributed by atoms with Gasteiger partial charge >= 0.3 is 0 Å². The van der Waals surface area contributed by atoms with E-state index in [1.165, 1.54) is 12.1 Å². The SMILES string of the molecule is COc1ccc(CC(=O)NC(C)CC(O)c2ccc(F)cc2)cc1. The van der Waals surface area contributed by atoms with E-state index in [1.54, 1.807) is 19.2 Å². The molecule has 0 aromatic heterocycles. The number of hydrogen-bond acceptors (Lipinski definition) is 3. The summed E-state index contributed by atoms with van der Waals surface area (Å²) in [6.45, 7) is 1.83. The van der Waals surface area contributed by atoms with Crippen LogP contribution in [0.4, 0.5) is 4.39 Å². The van der Waals surface area contributed by atoms with Crippen LogP contribution in [0.25, 0.3) is 0 Å². The smallest absolute Gasteiger partial charge is 0.224 e. The van der Waals surface area contributed by atoms with Crippen LogP contribution in [0.1, 0.15) is 30.6 Å². The van der Waals surface area contributed by atoms with E-state index in [9.17, 15) is 14.3 Å². The Morgan fingerprint density at radius 1 is 1.17 bits per heavy atom. The summed E-state index contributed by atoms with van der Waals surface area (Å²) in [5, 5.41) is 13.0. The molecular formula is C19H22FNO3. The first-order valence-electron chi connectivity index (χ1n) is 7.83. The third kappa shape index (κ3) is 5.35. The normalized spacial score (nSPS) is 13.2. The van der Waals surface area contributed by atoms with Crippen molar-refractivity contribution in [2.24, 2.45) is 0 Å². The highest BCUT2D eigenvalue weighted by molar-refractivity contribution is 5.78. The quantitative estimate of drug-likeness (QED) is 0.820. The van der Waals surface area contributed by atoms with Crippen LogP contribution in [-0.2, 0) is 11.2 Å². The lowest BCUT2D eigenvalue weighted by molar-refractivity contribution is -0.121. The molecule has 0 aliphatic carbocycles. The maximum atomic E-state index is 12.9. The van der Waals surface area contributed by atoms with Gasteiger partial charge in [0.1, 0.15) is 11.6 Å². The van der Waals surface area contributed by atoms with Gasteiger partial charge in [0.25, 0.3) is 0 Å². The molecule has 0 fully saturated rings. The molecule has 2 rings (SSSR count). The van der Waals surface area contributed by atoms with Gasteiger partial charge in [-0.15, -0.1) is 0 Å². The van der Waals surface area contributed by atoms with Gasteiger partial charge < -0.3 is 15.2 Å².